The molecule has 4 aromatic heterocycles. The number of nitrogens with zero attached hydrogens (tertiary/aromatic N) is 2. The molecule has 16 aromatic rings. The van der Waals surface area contributed by atoms with Gasteiger partial charge in [0.25, 0.3) is 0 Å². The van der Waals surface area contributed by atoms with Gasteiger partial charge in [0.05, 0.1) is 30.1 Å². The number of furan rings is 2. The summed E-state index contributed by atoms with van der Waals surface area (Å²) in [6, 6.07) is 86.6. The first-order valence-corrected chi connectivity index (χ1v) is 33.8. The fourth-order valence-electron chi connectivity index (χ4n) is 14.8. The van der Waals surface area contributed by atoms with E-state index in [0.29, 0.717) is 0 Å². The molecule has 0 N–H and O–H groups in total. The zero-order valence-electron chi connectivity index (χ0n) is 49.7. The Labute approximate surface area is 505 Å². The van der Waals surface area contributed by atoms with E-state index in [0.717, 1.165) is 49.9 Å². The molecule has 2 aliphatic rings. The van der Waals surface area contributed by atoms with E-state index >= 15 is 0 Å². The van der Waals surface area contributed by atoms with Crippen LogP contribution in [0.1, 0.15) is 49.9 Å². The van der Waals surface area contributed by atoms with Gasteiger partial charge in [0.15, 0.2) is 0 Å². The number of benzene rings is 12. The molecule has 87 heavy (non-hydrogen) atoms. The predicted octanol–water partition coefficient (Wildman–Crippen LogP) is 22.0. The van der Waals surface area contributed by atoms with Gasteiger partial charge in [-0.05, 0) is 176 Å². The van der Waals surface area contributed by atoms with Crippen LogP contribution in [0, 0.1) is 5.82 Å². The van der Waals surface area contributed by atoms with Crippen LogP contribution in [0.2, 0.25) is 19.6 Å². The van der Waals surface area contributed by atoms with Crippen molar-refractivity contribution in [1.82, 2.24) is 9.13 Å². The molecule has 0 aliphatic heterocycles. The van der Waals surface area contributed by atoms with Crippen molar-refractivity contribution >= 4 is 101 Å². The summed E-state index contributed by atoms with van der Waals surface area (Å²) in [6.45, 7) is 16.6. The van der Waals surface area contributed by atoms with Gasteiger partial charge in [-0.15, -0.1) is 0 Å². The van der Waals surface area contributed by atoms with Crippen molar-refractivity contribution in [3.63, 3.8) is 0 Å². The second-order valence-electron chi connectivity index (χ2n) is 26.2. The number of fused-ring (bicyclic) bond motifs is 18. The molecule has 0 unspecified atom stereocenters. The lowest BCUT2D eigenvalue weighted by molar-refractivity contribution is 0.628. The van der Waals surface area contributed by atoms with Crippen molar-refractivity contribution in [1.29, 1.82) is 0 Å². The fraction of sp³-hybridized carbons (Fsp3) is 0.111. The summed E-state index contributed by atoms with van der Waals surface area (Å²) >= 11 is 0. The second kappa shape index (κ2) is 18.5. The topological polar surface area (TPSA) is 36.1 Å². The fourth-order valence-corrected chi connectivity index (χ4v) is 16.0. The number of hydrogen-bond acceptors (Lipinski definition) is 2. The normalized spacial score (nSPS) is 13.9. The summed E-state index contributed by atoms with van der Waals surface area (Å²) in [7, 11) is -1.32. The lowest BCUT2D eigenvalue weighted by atomic mass is 9.82. The van der Waals surface area contributed by atoms with Gasteiger partial charge in [0.1, 0.15) is 28.1 Å². The number of aromatic nitrogens is 2. The molecule has 418 valence electrons. The first-order chi connectivity index (χ1) is 42.2. The molecule has 12 aromatic carbocycles. The maximum absolute atomic E-state index is 13.5. The molecule has 0 amide bonds. The van der Waals surface area contributed by atoms with Crippen LogP contribution in [0.25, 0.3) is 143 Å². The summed E-state index contributed by atoms with van der Waals surface area (Å²) in [5.41, 5.74) is 25.7. The Bertz CT molecular complexity index is 5530. The van der Waals surface area contributed by atoms with Crippen molar-refractivity contribution in [2.45, 2.75) is 58.2 Å². The number of rotatable bonds is 5. The lowest BCUT2D eigenvalue weighted by Crippen LogP contribution is -2.37. The molecular formula is C81H61FN2O2Si. The van der Waals surface area contributed by atoms with Crippen molar-refractivity contribution in [2.75, 3.05) is 0 Å². The molecule has 0 atom stereocenters. The molecule has 18 rings (SSSR count). The highest BCUT2D eigenvalue weighted by molar-refractivity contribution is 6.88. The van der Waals surface area contributed by atoms with Crippen molar-refractivity contribution in [2.24, 2.45) is 0 Å². The third kappa shape index (κ3) is 7.73. The average molecular weight is 1140 g/mol. The summed E-state index contributed by atoms with van der Waals surface area (Å²) < 4.78 is 30.9. The van der Waals surface area contributed by atoms with Crippen LogP contribution in [-0.2, 0) is 10.8 Å². The van der Waals surface area contributed by atoms with Crippen LogP contribution in [0.5, 0.6) is 0 Å². The van der Waals surface area contributed by atoms with E-state index in [1.54, 1.807) is 0 Å². The molecule has 0 bridgehead atoms. The smallest absolute Gasteiger partial charge is 0.135 e. The summed E-state index contributed by atoms with van der Waals surface area (Å²) in [5.74, 6) is -0.222. The minimum Gasteiger partial charge on any atom is -0.456 e. The first kappa shape index (κ1) is 51.4. The third-order valence-electron chi connectivity index (χ3n) is 19.4. The Balaban J connectivity index is 0.000000136. The third-order valence-corrected chi connectivity index (χ3v) is 21.5. The molecule has 4 heterocycles. The maximum Gasteiger partial charge on any atom is 0.135 e. The highest BCUT2D eigenvalue weighted by Crippen LogP contribution is 2.55. The van der Waals surface area contributed by atoms with Crippen LogP contribution in [-0.4, -0.2) is 17.2 Å². The van der Waals surface area contributed by atoms with E-state index in [4.69, 9.17) is 8.83 Å². The van der Waals surface area contributed by atoms with Crippen LogP contribution < -0.4 is 5.19 Å². The number of halogens is 1. The van der Waals surface area contributed by atoms with Crippen LogP contribution in [0.15, 0.2) is 251 Å². The molecule has 0 fully saturated rings. The summed E-state index contributed by atoms with van der Waals surface area (Å²) in [4.78, 5) is 0. The van der Waals surface area contributed by atoms with E-state index in [1.807, 2.05) is 30.3 Å². The quantitative estimate of drug-likeness (QED) is 0.161. The Kier molecular flexibility index (Phi) is 10.9. The maximum atomic E-state index is 13.5. The van der Waals surface area contributed by atoms with Crippen molar-refractivity contribution < 1.29 is 13.2 Å². The molecule has 2 aliphatic carbocycles. The standard InChI is InChI=1S/C42H35NOSi.C39H26FNO/c1-42(2)36-24-39-34(22-32(36)33-23-35-31-11-7-9-13-40(31)44-41(35)25-37(33)42)30-10-6-8-12-38(30)43(39)28-18-14-26(15-19-28)27-16-20-29(21-17-27)45(3,4)5;1-39(2)33-21-36-31(19-29(33)30-20-32-28-8-4-6-10-37(28)42-38(32)22-34(30)39)27-7-3-5-9-35(27)41(36)26-17-13-24(14-18-26)23-11-15-25(40)16-12-23/h6-25H,1-5H3;3-22H,1-2H3. The van der Waals surface area contributed by atoms with Gasteiger partial charge in [-0.25, -0.2) is 4.39 Å². The van der Waals surface area contributed by atoms with Crippen LogP contribution >= 0.6 is 0 Å². The average Bonchev–Trinajstić information content (AvgIpc) is 1.88. The zero-order chi connectivity index (χ0) is 58.8. The van der Waals surface area contributed by atoms with Gasteiger partial charge in [0, 0.05) is 65.3 Å². The minimum atomic E-state index is -1.32. The molecule has 4 nitrogen and oxygen atoms in total. The second-order valence-corrected chi connectivity index (χ2v) is 31.3. The number of para-hydroxylation sites is 4. The van der Waals surface area contributed by atoms with Crippen molar-refractivity contribution in [3.8, 4) is 55.9 Å². The number of hydrogen-bond donors (Lipinski definition) is 0. The highest BCUT2D eigenvalue weighted by Gasteiger charge is 2.39. The molecule has 0 saturated heterocycles. The van der Waals surface area contributed by atoms with E-state index in [-0.39, 0.29) is 16.6 Å². The van der Waals surface area contributed by atoms with E-state index in [9.17, 15) is 4.39 Å². The molecule has 6 heteroatoms. The Morgan fingerprint density at radius 2 is 0.644 bits per heavy atom. The highest BCUT2D eigenvalue weighted by atomic mass is 28.3. The molecule has 0 spiro atoms. The Morgan fingerprint density at radius 1 is 0.310 bits per heavy atom. The minimum absolute atomic E-state index is 0.154. The monoisotopic (exact) mass is 1140 g/mol. The largest absolute Gasteiger partial charge is 0.456 e. The van der Waals surface area contributed by atoms with Gasteiger partial charge in [-0.2, -0.15) is 0 Å². The van der Waals surface area contributed by atoms with Crippen molar-refractivity contribution in [3.05, 3.63) is 271 Å². The van der Waals surface area contributed by atoms with Gasteiger partial charge in [-0.3, -0.25) is 0 Å². The Morgan fingerprint density at radius 3 is 1.05 bits per heavy atom. The zero-order valence-corrected chi connectivity index (χ0v) is 50.7. The van der Waals surface area contributed by atoms with Crippen LogP contribution in [0.3, 0.4) is 0 Å². The van der Waals surface area contributed by atoms with E-state index in [1.165, 1.54) is 133 Å². The summed E-state index contributed by atoms with van der Waals surface area (Å²) in [5, 5.41) is 11.2. The van der Waals surface area contributed by atoms with Gasteiger partial charge in [0.2, 0.25) is 0 Å². The Hall–Kier alpha value is -10.0. The van der Waals surface area contributed by atoms with Gasteiger partial charge >= 0.3 is 0 Å². The molecular weight excluding hydrogens is 1080 g/mol. The van der Waals surface area contributed by atoms with Gasteiger partial charge in [-0.1, -0.05) is 186 Å². The predicted molar refractivity (Wildman–Crippen MR) is 365 cm³/mol. The van der Waals surface area contributed by atoms with Gasteiger partial charge < -0.3 is 18.0 Å². The first-order valence-electron chi connectivity index (χ1n) is 30.3. The SMILES string of the molecule is CC1(C)c2cc3oc4ccccc4c3cc2-c2cc3c4ccccc4n(-c4ccc(-c5ccc(F)cc5)cc4)c3cc21.CC1(C)c2cc3oc4ccccc4c3cc2-c2cc3c4ccccc4n(-c4ccc(-c5ccc([Si](C)(C)C)cc5)cc4)c3cc21. The van der Waals surface area contributed by atoms with Crippen LogP contribution in [0.4, 0.5) is 4.39 Å². The lowest BCUT2D eigenvalue weighted by Gasteiger charge is -2.21. The van der Waals surface area contributed by atoms with E-state index in [2.05, 4.69) is 257 Å². The van der Waals surface area contributed by atoms with E-state index < -0.39 is 8.07 Å². The molecule has 0 radical (unpaired) electrons. The molecule has 0 saturated carbocycles. The summed E-state index contributed by atoms with van der Waals surface area (Å²) in [6.07, 6.45) is 0.